The lowest BCUT2D eigenvalue weighted by atomic mass is 9.98. The number of pyridine rings is 1. The molecular formula is C16H20FN3. The van der Waals surface area contributed by atoms with Crippen LogP contribution in [0.25, 0.3) is 0 Å². The first kappa shape index (κ1) is 14.5. The van der Waals surface area contributed by atoms with Crippen LogP contribution >= 0.6 is 0 Å². The van der Waals surface area contributed by atoms with Gasteiger partial charge in [-0.15, -0.1) is 0 Å². The molecule has 0 amide bonds. The van der Waals surface area contributed by atoms with Crippen LogP contribution in [0.5, 0.6) is 0 Å². The molecule has 3 N–H and O–H groups in total. The molecule has 0 aliphatic heterocycles. The molecule has 2 rings (SSSR count). The maximum Gasteiger partial charge on any atom is 0.126 e. The maximum absolute atomic E-state index is 13.7. The van der Waals surface area contributed by atoms with Crippen molar-refractivity contribution in [3.8, 4) is 0 Å². The van der Waals surface area contributed by atoms with Gasteiger partial charge >= 0.3 is 0 Å². The Morgan fingerprint density at radius 1 is 1.35 bits per heavy atom. The van der Waals surface area contributed by atoms with Crippen molar-refractivity contribution in [1.82, 2.24) is 10.3 Å². The second-order valence-electron chi connectivity index (χ2n) is 4.90. The highest BCUT2D eigenvalue weighted by Gasteiger charge is 2.14. The summed E-state index contributed by atoms with van der Waals surface area (Å²) in [6, 6.07) is 7.17. The third-order valence-corrected chi connectivity index (χ3v) is 3.41. The van der Waals surface area contributed by atoms with Gasteiger partial charge in [-0.2, -0.15) is 0 Å². The normalized spacial score (nSPS) is 12.3. The molecular weight excluding hydrogens is 253 g/mol. The Morgan fingerprint density at radius 3 is 2.80 bits per heavy atom. The van der Waals surface area contributed by atoms with E-state index in [1.807, 2.05) is 19.1 Å². The van der Waals surface area contributed by atoms with Crippen molar-refractivity contribution >= 4 is 5.69 Å². The van der Waals surface area contributed by atoms with Crippen LogP contribution in [-0.4, -0.2) is 11.5 Å². The molecule has 0 fully saturated rings. The molecule has 0 saturated carbocycles. The lowest BCUT2D eigenvalue weighted by Gasteiger charge is -2.19. The fraction of sp³-hybridized carbons (Fsp3) is 0.312. The van der Waals surface area contributed by atoms with E-state index in [2.05, 4.69) is 10.3 Å². The third-order valence-electron chi connectivity index (χ3n) is 3.41. The third kappa shape index (κ3) is 3.33. The summed E-state index contributed by atoms with van der Waals surface area (Å²) in [4.78, 5) is 4.10. The van der Waals surface area contributed by atoms with Crippen LogP contribution < -0.4 is 11.1 Å². The zero-order valence-electron chi connectivity index (χ0n) is 11.9. The minimum atomic E-state index is -0.176. The first-order chi connectivity index (χ1) is 9.61. The number of hydrogen-bond donors (Lipinski definition) is 2. The van der Waals surface area contributed by atoms with Crippen LogP contribution in [0.15, 0.2) is 36.7 Å². The molecule has 0 aliphatic rings. The lowest BCUT2D eigenvalue weighted by molar-refractivity contribution is 0.541. The van der Waals surface area contributed by atoms with E-state index < -0.39 is 0 Å². The molecule has 0 spiro atoms. The number of aryl methyl sites for hydroxylation is 1. The van der Waals surface area contributed by atoms with Crippen LogP contribution in [0, 0.1) is 12.7 Å². The van der Waals surface area contributed by atoms with Gasteiger partial charge in [-0.05, 0) is 48.7 Å². The summed E-state index contributed by atoms with van der Waals surface area (Å²) >= 11 is 0. The second kappa shape index (κ2) is 6.48. The molecule has 4 heteroatoms. The van der Waals surface area contributed by atoms with Gasteiger partial charge in [0.2, 0.25) is 0 Å². The van der Waals surface area contributed by atoms with Gasteiger partial charge in [0.15, 0.2) is 0 Å². The van der Waals surface area contributed by atoms with Crippen molar-refractivity contribution in [2.24, 2.45) is 0 Å². The molecule has 1 aromatic carbocycles. The molecule has 1 heterocycles. The number of halogens is 1. The zero-order chi connectivity index (χ0) is 14.5. The van der Waals surface area contributed by atoms with E-state index in [1.165, 1.54) is 0 Å². The highest BCUT2D eigenvalue weighted by Crippen LogP contribution is 2.23. The number of anilines is 1. The number of hydrogen-bond acceptors (Lipinski definition) is 3. The summed E-state index contributed by atoms with van der Waals surface area (Å²) < 4.78 is 13.7. The van der Waals surface area contributed by atoms with Crippen LogP contribution in [0.1, 0.15) is 29.7 Å². The van der Waals surface area contributed by atoms with Crippen LogP contribution in [0.2, 0.25) is 0 Å². The van der Waals surface area contributed by atoms with Crippen molar-refractivity contribution in [2.75, 3.05) is 12.3 Å². The molecule has 0 radical (unpaired) electrons. The highest BCUT2D eigenvalue weighted by molar-refractivity contribution is 5.45. The van der Waals surface area contributed by atoms with Gasteiger partial charge in [-0.1, -0.05) is 19.1 Å². The van der Waals surface area contributed by atoms with Gasteiger partial charge in [-0.3, -0.25) is 4.98 Å². The number of likely N-dealkylation sites (N-methyl/N-ethyl adjacent to an activating group) is 1. The van der Waals surface area contributed by atoms with Gasteiger partial charge in [0.1, 0.15) is 5.82 Å². The van der Waals surface area contributed by atoms with E-state index in [-0.39, 0.29) is 11.9 Å². The maximum atomic E-state index is 13.7. The smallest absolute Gasteiger partial charge is 0.126 e. The van der Waals surface area contributed by atoms with Crippen LogP contribution in [0.4, 0.5) is 10.1 Å². The van der Waals surface area contributed by atoms with Gasteiger partial charge in [0, 0.05) is 24.1 Å². The summed E-state index contributed by atoms with van der Waals surface area (Å²) in [6.45, 7) is 4.60. The quantitative estimate of drug-likeness (QED) is 0.880. The highest BCUT2D eigenvalue weighted by atomic mass is 19.1. The van der Waals surface area contributed by atoms with E-state index in [0.29, 0.717) is 12.0 Å². The molecule has 106 valence electrons. The van der Waals surface area contributed by atoms with Crippen molar-refractivity contribution in [1.29, 1.82) is 0 Å². The van der Waals surface area contributed by atoms with Gasteiger partial charge in [0.25, 0.3) is 0 Å². The number of nitrogens with two attached hydrogens (primary N) is 1. The van der Waals surface area contributed by atoms with Crippen molar-refractivity contribution < 1.29 is 4.39 Å². The molecule has 1 atom stereocenters. The summed E-state index contributed by atoms with van der Waals surface area (Å²) in [5.41, 5.74) is 9.23. The summed E-state index contributed by atoms with van der Waals surface area (Å²) in [5, 5.41) is 3.37. The Hall–Kier alpha value is -1.94. The molecule has 3 nitrogen and oxygen atoms in total. The van der Waals surface area contributed by atoms with Gasteiger partial charge in [-0.25, -0.2) is 4.39 Å². The minimum absolute atomic E-state index is 0.0293. The van der Waals surface area contributed by atoms with E-state index in [0.717, 1.165) is 23.4 Å². The Bertz CT molecular complexity index is 584. The summed E-state index contributed by atoms with van der Waals surface area (Å²) in [5.74, 6) is -0.176. The number of aromatic nitrogens is 1. The first-order valence-electron chi connectivity index (χ1n) is 6.79. The van der Waals surface area contributed by atoms with E-state index in [4.69, 9.17) is 5.73 Å². The number of nitrogens with one attached hydrogen (secondary N) is 1. The van der Waals surface area contributed by atoms with E-state index >= 15 is 0 Å². The Labute approximate surface area is 119 Å². The molecule has 1 unspecified atom stereocenters. The SMILES string of the molecule is CCNC(Cc1cnccc1N)c1ccc(C)c(F)c1. The molecule has 0 aliphatic carbocycles. The Balaban J connectivity index is 2.27. The first-order valence-corrected chi connectivity index (χ1v) is 6.79. The van der Waals surface area contributed by atoms with Crippen molar-refractivity contribution in [3.63, 3.8) is 0 Å². The van der Waals surface area contributed by atoms with Gasteiger partial charge < -0.3 is 11.1 Å². The lowest BCUT2D eigenvalue weighted by Crippen LogP contribution is -2.23. The molecule has 0 saturated heterocycles. The monoisotopic (exact) mass is 273 g/mol. The fourth-order valence-corrected chi connectivity index (χ4v) is 2.21. The molecule has 2 aromatic rings. The minimum Gasteiger partial charge on any atom is -0.398 e. The van der Waals surface area contributed by atoms with Crippen molar-refractivity contribution in [2.45, 2.75) is 26.3 Å². The van der Waals surface area contributed by atoms with Crippen LogP contribution in [-0.2, 0) is 6.42 Å². The number of nitrogen functional groups attached to an aromatic ring is 1. The Kier molecular flexibility index (Phi) is 4.69. The second-order valence-corrected chi connectivity index (χ2v) is 4.90. The standard InChI is InChI=1S/C16H20FN3/c1-3-20-16(9-13-10-19-7-6-15(13)18)12-5-4-11(2)14(17)8-12/h4-8,10,16,20H,3,9H2,1-2H3,(H2,18,19). The van der Waals surface area contributed by atoms with Crippen molar-refractivity contribution in [3.05, 3.63) is 59.2 Å². The fourth-order valence-electron chi connectivity index (χ4n) is 2.21. The average molecular weight is 273 g/mol. The molecule has 1 aromatic heterocycles. The predicted octanol–water partition coefficient (Wildman–Crippen LogP) is 3.00. The van der Waals surface area contributed by atoms with E-state index in [1.54, 1.807) is 31.5 Å². The largest absolute Gasteiger partial charge is 0.398 e. The number of rotatable bonds is 5. The van der Waals surface area contributed by atoms with Gasteiger partial charge in [0.05, 0.1) is 0 Å². The number of nitrogens with zero attached hydrogens (tertiary/aromatic N) is 1. The zero-order valence-corrected chi connectivity index (χ0v) is 11.9. The molecule has 20 heavy (non-hydrogen) atoms. The van der Waals surface area contributed by atoms with Crippen LogP contribution in [0.3, 0.4) is 0 Å². The predicted molar refractivity (Wildman–Crippen MR) is 79.9 cm³/mol. The topological polar surface area (TPSA) is 50.9 Å². The summed E-state index contributed by atoms with van der Waals surface area (Å²) in [7, 11) is 0. The molecule has 0 bridgehead atoms. The summed E-state index contributed by atoms with van der Waals surface area (Å²) in [6.07, 6.45) is 4.13. The number of benzene rings is 1. The average Bonchev–Trinajstić information content (AvgIpc) is 2.44. The Morgan fingerprint density at radius 2 is 2.15 bits per heavy atom. The van der Waals surface area contributed by atoms with E-state index in [9.17, 15) is 4.39 Å².